The van der Waals surface area contributed by atoms with Gasteiger partial charge in [0.2, 0.25) is 5.78 Å². The zero-order valence-corrected chi connectivity index (χ0v) is 19.5. The number of aliphatic carboxylic acids is 1. The molecular weight excluding hydrogens is 487 g/mol. The molecule has 37 heavy (non-hydrogen) atoms. The number of hydrogen-bond acceptors (Lipinski definition) is 6. The predicted octanol–water partition coefficient (Wildman–Crippen LogP) is 4.40. The van der Waals surface area contributed by atoms with Crippen LogP contribution in [0, 0.1) is 11.3 Å². The van der Waals surface area contributed by atoms with E-state index in [1.807, 2.05) is 53.2 Å². The summed E-state index contributed by atoms with van der Waals surface area (Å²) in [6.45, 7) is 4.23. The summed E-state index contributed by atoms with van der Waals surface area (Å²) in [5.41, 5.74) is 5.64. The highest BCUT2D eigenvalue weighted by atomic mass is 19.4. The molecule has 0 amide bonds. The topological polar surface area (TPSA) is 104 Å². The van der Waals surface area contributed by atoms with E-state index in [9.17, 15) is 18.4 Å². The van der Waals surface area contributed by atoms with E-state index in [-0.39, 0.29) is 0 Å². The molecule has 3 heterocycles. The Labute approximate surface area is 210 Å². The second-order valence-electron chi connectivity index (χ2n) is 8.16. The van der Waals surface area contributed by atoms with Gasteiger partial charge in [-0.05, 0) is 29.3 Å². The molecule has 0 spiro atoms. The first-order valence-corrected chi connectivity index (χ1v) is 11.3. The number of carboxylic acids is 1. The summed E-state index contributed by atoms with van der Waals surface area (Å²) in [4.78, 5) is 20.5. The average molecular weight is 509 g/mol. The van der Waals surface area contributed by atoms with E-state index in [2.05, 4.69) is 34.2 Å². The van der Waals surface area contributed by atoms with Crippen LogP contribution >= 0.6 is 0 Å². The fraction of sp³-hybridized carbons (Fsp3) is 0.231. The second kappa shape index (κ2) is 11.2. The Morgan fingerprint density at radius 2 is 1.78 bits per heavy atom. The second-order valence-corrected chi connectivity index (χ2v) is 8.16. The molecule has 190 valence electrons. The number of carboxylic acid groups (broad SMARTS) is 1. The molecule has 1 saturated heterocycles. The van der Waals surface area contributed by atoms with Crippen molar-refractivity contribution in [3.05, 3.63) is 78.2 Å². The van der Waals surface area contributed by atoms with Crippen LogP contribution in [0.15, 0.2) is 67.0 Å². The third-order valence-electron chi connectivity index (χ3n) is 5.69. The number of imidazole rings is 1. The van der Waals surface area contributed by atoms with E-state index in [0.717, 1.165) is 60.9 Å². The van der Waals surface area contributed by atoms with Gasteiger partial charge in [0.1, 0.15) is 0 Å². The number of fused-ring (bicyclic) bond motifs is 1. The predicted molar refractivity (Wildman–Crippen MR) is 128 cm³/mol. The zero-order valence-electron chi connectivity index (χ0n) is 19.5. The lowest BCUT2D eigenvalue weighted by molar-refractivity contribution is -0.192. The van der Waals surface area contributed by atoms with Gasteiger partial charge in [-0.25, -0.2) is 14.8 Å². The monoisotopic (exact) mass is 509 g/mol. The number of halogens is 3. The SMILES string of the molecule is N#Cc1ccccc1-c1cccc(-c2cnc3nc(CN4CCOCC4)ccn23)c1.O=C(O)C(F)(F)F. The number of aromatic nitrogens is 3. The van der Waals surface area contributed by atoms with Crippen molar-refractivity contribution < 1.29 is 27.8 Å². The highest BCUT2D eigenvalue weighted by Gasteiger charge is 2.38. The third-order valence-corrected chi connectivity index (χ3v) is 5.69. The fourth-order valence-corrected chi connectivity index (χ4v) is 3.88. The molecular formula is C26H22F3N5O3. The molecule has 0 unspecified atom stereocenters. The van der Waals surface area contributed by atoms with Gasteiger partial charge in [-0.15, -0.1) is 0 Å². The first-order chi connectivity index (χ1) is 17.8. The molecule has 0 atom stereocenters. The molecule has 1 aliphatic heterocycles. The number of hydrogen-bond donors (Lipinski definition) is 1. The van der Waals surface area contributed by atoms with Crippen LogP contribution in [-0.2, 0) is 16.1 Å². The van der Waals surface area contributed by atoms with Crippen molar-refractivity contribution in [1.82, 2.24) is 19.3 Å². The Morgan fingerprint density at radius 3 is 2.49 bits per heavy atom. The molecule has 4 aromatic rings. The van der Waals surface area contributed by atoms with Gasteiger partial charge in [0.25, 0.3) is 0 Å². The summed E-state index contributed by atoms with van der Waals surface area (Å²) in [5, 5.41) is 16.6. The van der Waals surface area contributed by atoms with Gasteiger partial charge in [-0.1, -0.05) is 36.4 Å². The molecule has 2 aromatic carbocycles. The minimum absolute atomic E-state index is 0.669. The minimum atomic E-state index is -5.08. The first-order valence-electron chi connectivity index (χ1n) is 11.3. The summed E-state index contributed by atoms with van der Waals surface area (Å²) in [7, 11) is 0. The normalized spacial score (nSPS) is 14.0. The van der Waals surface area contributed by atoms with Crippen molar-refractivity contribution in [2.24, 2.45) is 0 Å². The van der Waals surface area contributed by atoms with Crippen molar-refractivity contribution in [1.29, 1.82) is 5.26 Å². The Hall–Kier alpha value is -4.27. The number of morpholine rings is 1. The molecule has 0 bridgehead atoms. The summed E-state index contributed by atoms with van der Waals surface area (Å²) < 4.78 is 39.2. The number of benzene rings is 2. The fourth-order valence-electron chi connectivity index (χ4n) is 3.88. The zero-order chi connectivity index (χ0) is 26.4. The number of rotatable bonds is 4. The van der Waals surface area contributed by atoms with Crippen molar-refractivity contribution >= 4 is 11.7 Å². The van der Waals surface area contributed by atoms with Crippen LogP contribution in [0.1, 0.15) is 11.3 Å². The Morgan fingerprint density at radius 1 is 1.08 bits per heavy atom. The number of alkyl halides is 3. The Kier molecular flexibility index (Phi) is 7.81. The quantitative estimate of drug-likeness (QED) is 0.435. The smallest absolute Gasteiger partial charge is 0.475 e. The highest BCUT2D eigenvalue weighted by Crippen LogP contribution is 2.28. The number of nitriles is 1. The number of nitrogens with zero attached hydrogens (tertiary/aromatic N) is 5. The van der Waals surface area contributed by atoms with E-state index in [1.54, 1.807) is 0 Å². The summed E-state index contributed by atoms with van der Waals surface area (Å²) >= 11 is 0. The number of carbonyl (C=O) groups is 1. The lowest BCUT2D eigenvalue weighted by Crippen LogP contribution is -2.35. The Bertz CT molecular complexity index is 1440. The molecule has 2 aromatic heterocycles. The minimum Gasteiger partial charge on any atom is -0.475 e. The molecule has 8 nitrogen and oxygen atoms in total. The van der Waals surface area contributed by atoms with Crippen molar-refractivity contribution in [3.63, 3.8) is 0 Å². The van der Waals surface area contributed by atoms with Gasteiger partial charge in [0.15, 0.2) is 0 Å². The molecule has 0 aliphatic carbocycles. The van der Waals surface area contributed by atoms with Crippen LogP contribution in [0.5, 0.6) is 0 Å². The third kappa shape index (κ3) is 6.30. The first kappa shape index (κ1) is 25.8. The molecule has 11 heteroatoms. The van der Waals surface area contributed by atoms with Gasteiger partial charge in [-0.2, -0.15) is 18.4 Å². The summed E-state index contributed by atoms with van der Waals surface area (Å²) in [6.07, 6.45) is -1.19. The van der Waals surface area contributed by atoms with Gasteiger partial charge in [-0.3, -0.25) is 9.30 Å². The van der Waals surface area contributed by atoms with Crippen LogP contribution in [0.25, 0.3) is 28.2 Å². The standard InChI is InChI=1S/C24H21N5O.C2HF3O2/c25-15-20-4-1-2-7-22(20)18-5-3-6-19(14-18)23-16-26-24-27-21(8-9-29(23)24)17-28-10-12-30-13-11-28;3-2(4,5)1(6)7/h1-9,14,16H,10-13,17H2;(H,6,7). The van der Waals surface area contributed by atoms with E-state index < -0.39 is 12.1 Å². The largest absolute Gasteiger partial charge is 0.490 e. The van der Waals surface area contributed by atoms with E-state index in [4.69, 9.17) is 19.6 Å². The lowest BCUT2D eigenvalue weighted by Gasteiger charge is -2.26. The highest BCUT2D eigenvalue weighted by molar-refractivity contribution is 5.76. The average Bonchev–Trinajstić information content (AvgIpc) is 3.32. The summed E-state index contributed by atoms with van der Waals surface area (Å²) in [6, 6.07) is 20.2. The van der Waals surface area contributed by atoms with Crippen molar-refractivity contribution in [2.75, 3.05) is 26.3 Å². The van der Waals surface area contributed by atoms with E-state index in [1.165, 1.54) is 0 Å². The van der Waals surface area contributed by atoms with Crippen molar-refractivity contribution in [2.45, 2.75) is 12.7 Å². The molecule has 0 radical (unpaired) electrons. The van der Waals surface area contributed by atoms with Crippen LogP contribution < -0.4 is 0 Å². The van der Waals surface area contributed by atoms with Gasteiger partial charge in [0.05, 0.1) is 42.4 Å². The molecule has 0 saturated carbocycles. The van der Waals surface area contributed by atoms with Gasteiger partial charge < -0.3 is 9.84 Å². The maximum absolute atomic E-state index is 10.6. The molecule has 1 N–H and O–H groups in total. The van der Waals surface area contributed by atoms with Gasteiger partial charge in [0, 0.05) is 31.4 Å². The van der Waals surface area contributed by atoms with E-state index >= 15 is 0 Å². The maximum atomic E-state index is 10.6. The van der Waals surface area contributed by atoms with Crippen LogP contribution in [0.2, 0.25) is 0 Å². The van der Waals surface area contributed by atoms with Crippen LogP contribution in [0.3, 0.4) is 0 Å². The Balaban J connectivity index is 0.000000405. The van der Waals surface area contributed by atoms with Gasteiger partial charge >= 0.3 is 12.1 Å². The van der Waals surface area contributed by atoms with Crippen LogP contribution in [0.4, 0.5) is 13.2 Å². The molecule has 5 rings (SSSR count). The van der Waals surface area contributed by atoms with Crippen LogP contribution in [-0.4, -0.2) is 62.8 Å². The number of ether oxygens (including phenoxy) is 1. The lowest BCUT2D eigenvalue weighted by atomic mass is 9.98. The molecule has 1 aliphatic rings. The maximum Gasteiger partial charge on any atom is 0.490 e. The van der Waals surface area contributed by atoms with E-state index in [0.29, 0.717) is 11.3 Å². The summed E-state index contributed by atoms with van der Waals surface area (Å²) in [5.74, 6) is -2.06. The van der Waals surface area contributed by atoms with Crippen molar-refractivity contribution in [3.8, 4) is 28.5 Å². The molecule has 1 fully saturated rings.